The summed E-state index contributed by atoms with van der Waals surface area (Å²) in [7, 11) is 0. The number of nitrogens with one attached hydrogen (secondary N) is 2. The van der Waals surface area contributed by atoms with Crippen molar-refractivity contribution < 1.29 is 4.79 Å². The summed E-state index contributed by atoms with van der Waals surface area (Å²) in [5.74, 6) is 0.486. The van der Waals surface area contributed by atoms with E-state index in [9.17, 15) is 4.79 Å². The molecule has 2 aliphatic heterocycles. The van der Waals surface area contributed by atoms with Crippen molar-refractivity contribution in [3.05, 3.63) is 53.6 Å². The largest absolute Gasteiger partial charge is 0.342 e. The number of hydrogen-bond donors (Lipinski definition) is 2. The van der Waals surface area contributed by atoms with Crippen LogP contribution in [0.15, 0.2) is 47.4 Å². The normalized spacial score (nSPS) is 21.2. The second-order valence-electron chi connectivity index (χ2n) is 8.02. The number of carbonyl (C=O) groups excluding carboxylic acids is 1. The Labute approximate surface area is 188 Å². The number of nitrogens with zero attached hydrogens (tertiary/aromatic N) is 2. The van der Waals surface area contributed by atoms with Crippen LogP contribution >= 0.6 is 11.8 Å². The first-order valence-electron chi connectivity index (χ1n) is 10.6. The van der Waals surface area contributed by atoms with E-state index in [2.05, 4.69) is 54.0 Å². The van der Waals surface area contributed by atoms with Gasteiger partial charge in [0.15, 0.2) is 0 Å². The minimum absolute atomic E-state index is 0.000880. The van der Waals surface area contributed by atoms with E-state index in [-0.39, 0.29) is 18.5 Å². The number of benzene rings is 2. The molecule has 2 aromatic rings. The Balaban J connectivity index is 0.000000179. The molecule has 1 amide bonds. The first-order valence-corrected chi connectivity index (χ1v) is 11.8. The Bertz CT molecular complexity index is 982. The maximum atomic E-state index is 11.6. The number of fused-ring (bicyclic) bond motifs is 3. The van der Waals surface area contributed by atoms with Gasteiger partial charge in [-0.2, -0.15) is 10.5 Å². The second-order valence-corrected chi connectivity index (χ2v) is 8.87. The SMILES string of the molecule is CSc1cc(-c2ccc(C)cc2)ccc1C#N.N#CCNC(=O)C1NC2CCC1CC2. The van der Waals surface area contributed by atoms with Gasteiger partial charge in [-0.3, -0.25) is 4.79 Å². The molecule has 6 heteroatoms. The van der Waals surface area contributed by atoms with Gasteiger partial charge in [0, 0.05) is 10.9 Å². The van der Waals surface area contributed by atoms with Gasteiger partial charge in [-0.05, 0) is 68.0 Å². The van der Waals surface area contributed by atoms with Gasteiger partial charge in [-0.25, -0.2) is 0 Å². The summed E-state index contributed by atoms with van der Waals surface area (Å²) < 4.78 is 0. The molecular formula is C25H28N4OS. The quantitative estimate of drug-likeness (QED) is 0.552. The third-order valence-corrected chi connectivity index (χ3v) is 6.77. The van der Waals surface area contributed by atoms with E-state index in [1.54, 1.807) is 11.8 Å². The molecule has 2 bridgehead atoms. The minimum atomic E-state index is -0.0455. The predicted molar refractivity (Wildman–Crippen MR) is 124 cm³/mol. The van der Waals surface area contributed by atoms with Crippen LogP contribution in [0.5, 0.6) is 0 Å². The lowest BCUT2D eigenvalue weighted by Crippen LogP contribution is -2.58. The highest BCUT2D eigenvalue weighted by Crippen LogP contribution is 2.33. The van der Waals surface area contributed by atoms with E-state index in [1.165, 1.54) is 24.0 Å². The van der Waals surface area contributed by atoms with E-state index >= 15 is 0 Å². The molecule has 0 aromatic heterocycles. The average Bonchev–Trinajstić information content (AvgIpc) is 2.83. The van der Waals surface area contributed by atoms with Crippen LogP contribution in [-0.4, -0.2) is 30.8 Å². The number of carbonyl (C=O) groups is 1. The first kappa shape index (κ1) is 22.9. The van der Waals surface area contributed by atoms with Crippen molar-refractivity contribution in [2.45, 2.75) is 49.6 Å². The molecule has 2 N–H and O–H groups in total. The number of hydrogen-bond acceptors (Lipinski definition) is 5. The maximum absolute atomic E-state index is 11.6. The van der Waals surface area contributed by atoms with Crippen LogP contribution in [0, 0.1) is 35.5 Å². The van der Waals surface area contributed by atoms with Crippen LogP contribution in [0.3, 0.4) is 0 Å². The lowest BCUT2D eigenvalue weighted by molar-refractivity contribution is -0.126. The molecule has 3 aliphatic rings. The van der Waals surface area contributed by atoms with E-state index in [0.717, 1.165) is 28.9 Å². The molecular weight excluding hydrogens is 404 g/mol. The molecule has 1 unspecified atom stereocenters. The van der Waals surface area contributed by atoms with Gasteiger partial charge in [0.25, 0.3) is 0 Å². The summed E-state index contributed by atoms with van der Waals surface area (Å²) in [6.07, 6.45) is 6.71. The van der Waals surface area contributed by atoms with Crippen molar-refractivity contribution >= 4 is 17.7 Å². The van der Waals surface area contributed by atoms with Crippen LogP contribution < -0.4 is 10.6 Å². The molecule has 3 fully saturated rings. The molecule has 2 heterocycles. The fourth-order valence-corrected chi connectivity index (χ4v) is 4.82. The number of piperidine rings is 2. The number of rotatable bonds is 4. The molecule has 0 spiro atoms. The number of aryl methyl sites for hydroxylation is 1. The molecule has 1 saturated carbocycles. The van der Waals surface area contributed by atoms with Crippen molar-refractivity contribution in [2.75, 3.05) is 12.8 Å². The third kappa shape index (κ3) is 5.88. The van der Waals surface area contributed by atoms with E-state index in [0.29, 0.717) is 12.0 Å². The zero-order chi connectivity index (χ0) is 22.2. The summed E-state index contributed by atoms with van der Waals surface area (Å²) in [6, 6.07) is 19.0. The highest BCUT2D eigenvalue weighted by molar-refractivity contribution is 7.98. The standard InChI is InChI=1S/C15H13NS.C10H15N3O/c1-11-3-5-12(6-4-11)13-7-8-14(10-16)15(9-13)17-2;11-5-6-12-10(14)9-7-1-3-8(13-9)4-2-7/h3-9H,1-2H3;7-9,13H,1-4,6H2,(H,12,14). The summed E-state index contributed by atoms with van der Waals surface area (Å²) >= 11 is 1.61. The van der Waals surface area contributed by atoms with Crippen LogP contribution in [0.2, 0.25) is 0 Å². The highest BCUT2D eigenvalue weighted by atomic mass is 32.2. The van der Waals surface area contributed by atoms with E-state index in [1.807, 2.05) is 24.5 Å². The van der Waals surface area contributed by atoms with Crippen molar-refractivity contribution in [1.29, 1.82) is 10.5 Å². The van der Waals surface area contributed by atoms with E-state index in [4.69, 9.17) is 10.5 Å². The smallest absolute Gasteiger partial charge is 0.238 e. The van der Waals surface area contributed by atoms with Crippen molar-refractivity contribution in [3.63, 3.8) is 0 Å². The summed E-state index contributed by atoms with van der Waals surface area (Å²) in [6.45, 7) is 2.20. The van der Waals surface area contributed by atoms with Crippen molar-refractivity contribution in [2.24, 2.45) is 5.92 Å². The summed E-state index contributed by atoms with van der Waals surface area (Å²) in [5, 5.41) is 23.3. The van der Waals surface area contributed by atoms with Gasteiger partial charge in [0.2, 0.25) is 5.91 Å². The molecule has 2 saturated heterocycles. The lowest BCUT2D eigenvalue weighted by atomic mass is 9.76. The van der Waals surface area contributed by atoms with Crippen LogP contribution in [0.1, 0.15) is 36.8 Å². The fraction of sp³-hybridized carbons (Fsp3) is 0.400. The Morgan fingerprint density at radius 3 is 2.32 bits per heavy atom. The number of nitriles is 2. The molecule has 2 aromatic carbocycles. The zero-order valence-electron chi connectivity index (χ0n) is 18.0. The molecule has 0 radical (unpaired) electrons. The van der Waals surface area contributed by atoms with Gasteiger partial charge >= 0.3 is 0 Å². The Morgan fingerprint density at radius 2 is 1.77 bits per heavy atom. The summed E-state index contributed by atoms with van der Waals surface area (Å²) in [5.41, 5.74) is 4.35. The third-order valence-electron chi connectivity index (χ3n) is 5.99. The lowest BCUT2D eigenvalue weighted by Gasteiger charge is -2.42. The highest BCUT2D eigenvalue weighted by Gasteiger charge is 2.38. The van der Waals surface area contributed by atoms with Crippen LogP contribution in [0.25, 0.3) is 11.1 Å². The molecule has 160 valence electrons. The maximum Gasteiger partial charge on any atom is 0.238 e. The Morgan fingerprint density at radius 1 is 1.10 bits per heavy atom. The second kappa shape index (κ2) is 11.0. The Hall–Kier alpha value is -2.80. The molecule has 5 nitrogen and oxygen atoms in total. The van der Waals surface area contributed by atoms with Gasteiger partial charge in [0.05, 0.1) is 17.7 Å². The van der Waals surface area contributed by atoms with Gasteiger partial charge in [-0.15, -0.1) is 11.8 Å². The topological polar surface area (TPSA) is 88.7 Å². The summed E-state index contributed by atoms with van der Waals surface area (Å²) in [4.78, 5) is 12.7. The molecule has 31 heavy (non-hydrogen) atoms. The predicted octanol–water partition coefficient (Wildman–Crippen LogP) is 4.41. The zero-order valence-corrected chi connectivity index (χ0v) is 18.8. The average molecular weight is 433 g/mol. The molecule has 1 atom stereocenters. The first-order chi connectivity index (χ1) is 15.0. The monoisotopic (exact) mass is 432 g/mol. The fourth-order valence-electron chi connectivity index (χ4n) is 4.24. The van der Waals surface area contributed by atoms with Gasteiger partial charge < -0.3 is 10.6 Å². The number of amides is 1. The Kier molecular flexibility index (Phi) is 8.12. The molecule has 1 aliphatic carbocycles. The van der Waals surface area contributed by atoms with Crippen molar-refractivity contribution in [1.82, 2.24) is 10.6 Å². The van der Waals surface area contributed by atoms with Gasteiger partial charge in [-0.1, -0.05) is 35.9 Å². The van der Waals surface area contributed by atoms with Gasteiger partial charge in [0.1, 0.15) is 12.6 Å². The van der Waals surface area contributed by atoms with Crippen molar-refractivity contribution in [3.8, 4) is 23.3 Å². The van der Waals surface area contributed by atoms with Crippen LogP contribution in [-0.2, 0) is 4.79 Å². The van der Waals surface area contributed by atoms with Crippen LogP contribution in [0.4, 0.5) is 0 Å². The number of thioether (sulfide) groups is 1. The minimum Gasteiger partial charge on any atom is -0.342 e. The van der Waals surface area contributed by atoms with E-state index < -0.39 is 0 Å². The molecule has 5 rings (SSSR count).